The second-order valence-corrected chi connectivity index (χ2v) is 5.96. The maximum Gasteiger partial charge on any atom is 0.101 e. The van der Waals surface area contributed by atoms with E-state index in [2.05, 4.69) is 30.0 Å². The molecular formula is C18H17ClN2O. The van der Waals surface area contributed by atoms with Crippen molar-refractivity contribution in [2.24, 2.45) is 0 Å². The van der Waals surface area contributed by atoms with E-state index in [-0.39, 0.29) is 12.2 Å². The molecule has 0 amide bonds. The Kier molecular flexibility index (Phi) is 4.33. The van der Waals surface area contributed by atoms with Crippen LogP contribution in [0.25, 0.3) is 0 Å². The van der Waals surface area contributed by atoms with Crippen LogP contribution in [0.5, 0.6) is 0 Å². The normalized spacial score (nSPS) is 21.4. The van der Waals surface area contributed by atoms with E-state index in [9.17, 15) is 5.26 Å². The topological polar surface area (TPSA) is 36.3 Å². The van der Waals surface area contributed by atoms with Crippen LogP contribution in [0.15, 0.2) is 48.5 Å². The van der Waals surface area contributed by atoms with Gasteiger partial charge in [-0.15, -0.1) is 0 Å². The minimum atomic E-state index is 0.00664. The van der Waals surface area contributed by atoms with Crippen molar-refractivity contribution in [3.8, 4) is 6.07 Å². The Labute approximate surface area is 135 Å². The molecule has 1 aliphatic heterocycles. The van der Waals surface area contributed by atoms with Crippen molar-refractivity contribution in [2.75, 3.05) is 18.0 Å². The van der Waals surface area contributed by atoms with E-state index in [1.54, 1.807) is 6.07 Å². The highest BCUT2D eigenvalue weighted by molar-refractivity contribution is 6.30. The molecule has 0 saturated carbocycles. The summed E-state index contributed by atoms with van der Waals surface area (Å²) in [6, 6.07) is 17.9. The molecule has 0 aliphatic carbocycles. The predicted molar refractivity (Wildman–Crippen MR) is 88.1 cm³/mol. The molecule has 0 bridgehead atoms. The number of nitriles is 1. The van der Waals surface area contributed by atoms with E-state index >= 15 is 0 Å². The molecule has 2 aromatic rings. The summed E-state index contributed by atoms with van der Waals surface area (Å²) >= 11 is 5.99. The lowest BCUT2D eigenvalue weighted by Gasteiger charge is -2.38. The standard InChI is InChI=1S/C18H17ClN2O/c1-13-11-21(17-8-7-16(19)9-15(17)10-20)12-18(22-13)14-5-3-2-4-6-14/h2-9,13,18H,11-12H2,1H3. The average Bonchev–Trinajstić information content (AvgIpc) is 2.55. The third-order valence-electron chi connectivity index (χ3n) is 3.85. The molecule has 0 radical (unpaired) electrons. The van der Waals surface area contributed by atoms with E-state index < -0.39 is 0 Å². The third kappa shape index (κ3) is 3.09. The zero-order chi connectivity index (χ0) is 15.5. The lowest BCUT2D eigenvalue weighted by atomic mass is 10.0. The van der Waals surface area contributed by atoms with Gasteiger partial charge in [0.25, 0.3) is 0 Å². The van der Waals surface area contributed by atoms with E-state index in [0.717, 1.165) is 24.3 Å². The van der Waals surface area contributed by atoms with Gasteiger partial charge < -0.3 is 9.64 Å². The lowest BCUT2D eigenvalue weighted by molar-refractivity contribution is -0.0173. The van der Waals surface area contributed by atoms with Gasteiger partial charge in [-0.1, -0.05) is 41.9 Å². The van der Waals surface area contributed by atoms with Crippen LogP contribution in [0.2, 0.25) is 5.02 Å². The Hall–Kier alpha value is -2.02. The molecule has 4 heteroatoms. The Morgan fingerprint density at radius 2 is 1.95 bits per heavy atom. The summed E-state index contributed by atoms with van der Waals surface area (Å²) in [6.45, 7) is 3.55. The number of morpholine rings is 1. The van der Waals surface area contributed by atoms with Crippen LogP contribution in [0, 0.1) is 11.3 Å². The largest absolute Gasteiger partial charge is 0.367 e. The van der Waals surface area contributed by atoms with Gasteiger partial charge in [-0.25, -0.2) is 0 Å². The molecule has 0 aromatic heterocycles. The van der Waals surface area contributed by atoms with Crippen molar-refractivity contribution in [3.05, 3.63) is 64.7 Å². The van der Waals surface area contributed by atoms with E-state index in [1.165, 1.54) is 0 Å². The summed E-state index contributed by atoms with van der Waals surface area (Å²) < 4.78 is 6.07. The Morgan fingerprint density at radius 1 is 1.18 bits per heavy atom. The molecule has 1 heterocycles. The van der Waals surface area contributed by atoms with Gasteiger partial charge in [-0.2, -0.15) is 5.26 Å². The SMILES string of the molecule is CC1CN(c2ccc(Cl)cc2C#N)CC(c2ccccc2)O1. The number of rotatable bonds is 2. The van der Waals surface area contributed by atoms with Crippen LogP contribution < -0.4 is 4.90 Å². The molecule has 3 rings (SSSR count). The number of hydrogen-bond acceptors (Lipinski definition) is 3. The quantitative estimate of drug-likeness (QED) is 0.834. The average molecular weight is 313 g/mol. The van der Waals surface area contributed by atoms with Crippen molar-refractivity contribution in [3.63, 3.8) is 0 Å². The molecule has 3 nitrogen and oxygen atoms in total. The summed E-state index contributed by atoms with van der Waals surface area (Å²) in [5.41, 5.74) is 2.68. The maximum atomic E-state index is 9.36. The number of hydrogen-bond donors (Lipinski definition) is 0. The fraction of sp³-hybridized carbons (Fsp3) is 0.278. The number of halogens is 1. The van der Waals surface area contributed by atoms with Crippen molar-refractivity contribution >= 4 is 17.3 Å². The summed E-state index contributed by atoms with van der Waals surface area (Å²) in [7, 11) is 0. The number of ether oxygens (including phenoxy) is 1. The van der Waals surface area contributed by atoms with Crippen molar-refractivity contribution < 1.29 is 4.74 Å². The van der Waals surface area contributed by atoms with E-state index in [0.29, 0.717) is 10.6 Å². The van der Waals surface area contributed by atoms with Crippen molar-refractivity contribution in [1.82, 2.24) is 0 Å². The Morgan fingerprint density at radius 3 is 2.68 bits per heavy atom. The fourth-order valence-corrected chi connectivity index (χ4v) is 3.05. The third-order valence-corrected chi connectivity index (χ3v) is 4.09. The predicted octanol–water partition coefficient (Wildman–Crippen LogP) is 4.18. The summed E-state index contributed by atoms with van der Waals surface area (Å²) in [5.74, 6) is 0. The molecule has 2 aromatic carbocycles. The molecule has 2 atom stereocenters. The van der Waals surface area contributed by atoms with Crippen LogP contribution in [0.4, 0.5) is 5.69 Å². The fourth-order valence-electron chi connectivity index (χ4n) is 2.87. The van der Waals surface area contributed by atoms with Gasteiger partial charge in [0.15, 0.2) is 0 Å². The van der Waals surface area contributed by atoms with Crippen molar-refractivity contribution in [1.29, 1.82) is 5.26 Å². The zero-order valence-electron chi connectivity index (χ0n) is 12.4. The van der Waals surface area contributed by atoms with Gasteiger partial charge in [-0.3, -0.25) is 0 Å². The first-order valence-corrected chi connectivity index (χ1v) is 7.70. The van der Waals surface area contributed by atoms with Gasteiger partial charge >= 0.3 is 0 Å². The molecular weight excluding hydrogens is 296 g/mol. The Bertz CT molecular complexity index is 696. The monoisotopic (exact) mass is 312 g/mol. The Balaban J connectivity index is 1.90. The summed E-state index contributed by atoms with van der Waals surface area (Å²) in [5, 5.41) is 9.94. The van der Waals surface area contributed by atoms with Crippen LogP contribution in [-0.2, 0) is 4.74 Å². The minimum Gasteiger partial charge on any atom is -0.367 e. The van der Waals surface area contributed by atoms with Gasteiger partial charge in [-0.05, 0) is 30.7 Å². The maximum absolute atomic E-state index is 9.36. The summed E-state index contributed by atoms with van der Waals surface area (Å²) in [6.07, 6.45) is 0.105. The molecule has 0 spiro atoms. The molecule has 1 saturated heterocycles. The van der Waals surface area contributed by atoms with Gasteiger partial charge in [0.2, 0.25) is 0 Å². The highest BCUT2D eigenvalue weighted by Gasteiger charge is 2.27. The first-order chi connectivity index (χ1) is 10.7. The van der Waals surface area contributed by atoms with Gasteiger partial charge in [0.1, 0.15) is 12.2 Å². The van der Waals surface area contributed by atoms with Crippen LogP contribution in [0.1, 0.15) is 24.2 Å². The van der Waals surface area contributed by atoms with Crippen LogP contribution in [0.3, 0.4) is 0 Å². The first kappa shape index (κ1) is 14.9. The molecule has 1 aliphatic rings. The van der Waals surface area contributed by atoms with Gasteiger partial charge in [0, 0.05) is 18.1 Å². The molecule has 112 valence electrons. The van der Waals surface area contributed by atoms with E-state index in [1.807, 2.05) is 30.3 Å². The van der Waals surface area contributed by atoms with Crippen LogP contribution >= 0.6 is 11.6 Å². The molecule has 1 fully saturated rings. The molecule has 2 unspecified atom stereocenters. The number of benzene rings is 2. The van der Waals surface area contributed by atoms with E-state index in [4.69, 9.17) is 16.3 Å². The highest BCUT2D eigenvalue weighted by atomic mass is 35.5. The number of nitrogens with zero attached hydrogens (tertiary/aromatic N) is 2. The minimum absolute atomic E-state index is 0.00664. The molecule has 0 N–H and O–H groups in total. The van der Waals surface area contributed by atoms with Gasteiger partial charge in [0.05, 0.1) is 17.4 Å². The van der Waals surface area contributed by atoms with Crippen molar-refractivity contribution in [2.45, 2.75) is 19.1 Å². The van der Waals surface area contributed by atoms with Crippen LogP contribution in [-0.4, -0.2) is 19.2 Å². The summed E-state index contributed by atoms with van der Waals surface area (Å²) in [4.78, 5) is 2.21. The smallest absolute Gasteiger partial charge is 0.101 e. The second kappa shape index (κ2) is 6.39. The first-order valence-electron chi connectivity index (χ1n) is 7.32. The molecule has 22 heavy (non-hydrogen) atoms. The highest BCUT2D eigenvalue weighted by Crippen LogP contribution is 2.31. The second-order valence-electron chi connectivity index (χ2n) is 5.52. The lowest BCUT2D eigenvalue weighted by Crippen LogP contribution is -2.43. The zero-order valence-corrected chi connectivity index (χ0v) is 13.1. The number of anilines is 1.